The first-order chi connectivity index (χ1) is 14.0. The van der Waals surface area contributed by atoms with Gasteiger partial charge in [0, 0.05) is 13.1 Å². The molecule has 0 saturated carbocycles. The minimum Gasteiger partial charge on any atom is -0.430 e. The minimum atomic E-state index is -3.70. The molecule has 0 aromatic heterocycles. The van der Waals surface area contributed by atoms with Crippen LogP contribution >= 0.6 is 0 Å². The molecule has 0 bridgehead atoms. The number of nitrogens with zero attached hydrogens (tertiary/aromatic N) is 1. The van der Waals surface area contributed by atoms with E-state index in [2.05, 4.69) is 0 Å². The second-order valence-corrected chi connectivity index (χ2v) is 10.8. The van der Waals surface area contributed by atoms with Gasteiger partial charge in [-0.3, -0.25) is 4.79 Å². The van der Waals surface area contributed by atoms with E-state index in [4.69, 9.17) is 4.74 Å². The Morgan fingerprint density at radius 2 is 1.63 bits per heavy atom. The van der Waals surface area contributed by atoms with Crippen LogP contribution in [-0.2, 0) is 19.6 Å². The highest BCUT2D eigenvalue weighted by molar-refractivity contribution is 7.89. The molecule has 2 aromatic carbocycles. The van der Waals surface area contributed by atoms with Crippen molar-refractivity contribution in [1.82, 2.24) is 4.31 Å². The van der Waals surface area contributed by atoms with Gasteiger partial charge in [0.2, 0.25) is 10.0 Å². The Hall–Kier alpha value is -2.44. The van der Waals surface area contributed by atoms with E-state index < -0.39 is 15.4 Å². The van der Waals surface area contributed by atoms with Gasteiger partial charge >= 0.3 is 5.97 Å². The van der Waals surface area contributed by atoms with Crippen LogP contribution in [-0.4, -0.2) is 31.8 Å². The largest absolute Gasteiger partial charge is 0.430 e. The standard InChI is InChI=1S/C24H29NO4S/c1-17-11-13-19(14-12-17)30(27,28)25(5)20-15-16-21(29-23(26)24(2,3)4)22(20)18-9-7-6-8-10-18/h6-14,16,20,22H,15H2,1-5H3/t20-,22-/m1/s1. The summed E-state index contributed by atoms with van der Waals surface area (Å²) in [4.78, 5) is 12.8. The first kappa shape index (κ1) is 22.2. The Morgan fingerprint density at radius 3 is 2.20 bits per heavy atom. The lowest BCUT2D eigenvalue weighted by Gasteiger charge is -2.31. The number of ether oxygens (including phenoxy) is 1. The van der Waals surface area contributed by atoms with Gasteiger partial charge in [-0.2, -0.15) is 4.31 Å². The Labute approximate surface area is 179 Å². The summed E-state index contributed by atoms with van der Waals surface area (Å²) in [7, 11) is -2.11. The van der Waals surface area contributed by atoms with Gasteiger partial charge in [0.05, 0.1) is 16.2 Å². The number of carbonyl (C=O) groups excluding carboxylic acids is 1. The molecule has 2 aromatic rings. The Bertz CT molecular complexity index is 1030. The molecular weight excluding hydrogens is 398 g/mol. The zero-order chi connectivity index (χ0) is 22.1. The summed E-state index contributed by atoms with van der Waals surface area (Å²) in [5.41, 5.74) is 1.26. The van der Waals surface area contributed by atoms with Gasteiger partial charge < -0.3 is 4.74 Å². The molecule has 1 aliphatic rings. The molecule has 0 amide bonds. The van der Waals surface area contributed by atoms with Crippen LogP contribution in [0.15, 0.2) is 71.3 Å². The topological polar surface area (TPSA) is 63.7 Å². The number of rotatable bonds is 5. The van der Waals surface area contributed by atoms with Gasteiger partial charge in [-0.25, -0.2) is 8.42 Å². The number of sulfonamides is 1. The van der Waals surface area contributed by atoms with Gasteiger partial charge in [-0.1, -0.05) is 48.0 Å². The molecule has 2 atom stereocenters. The summed E-state index contributed by atoms with van der Waals surface area (Å²) < 4.78 is 33.7. The molecule has 0 N–H and O–H groups in total. The number of likely N-dealkylation sites (N-methyl/N-ethyl adjacent to an activating group) is 1. The summed E-state index contributed by atoms with van der Waals surface area (Å²) in [6.07, 6.45) is 2.31. The van der Waals surface area contributed by atoms with Crippen LogP contribution in [0, 0.1) is 12.3 Å². The lowest BCUT2D eigenvalue weighted by molar-refractivity contribution is -0.148. The molecule has 0 heterocycles. The first-order valence-electron chi connectivity index (χ1n) is 10.0. The number of carbonyl (C=O) groups is 1. The van der Waals surface area contributed by atoms with Crippen molar-refractivity contribution >= 4 is 16.0 Å². The molecule has 3 rings (SSSR count). The quantitative estimate of drug-likeness (QED) is 0.652. The predicted molar refractivity (Wildman–Crippen MR) is 117 cm³/mol. The Morgan fingerprint density at radius 1 is 1.03 bits per heavy atom. The van der Waals surface area contributed by atoms with E-state index in [0.717, 1.165) is 11.1 Å². The third-order valence-corrected chi connectivity index (χ3v) is 7.30. The fraction of sp³-hybridized carbons (Fsp3) is 0.375. The molecule has 30 heavy (non-hydrogen) atoms. The molecule has 0 saturated heterocycles. The third kappa shape index (κ3) is 4.50. The molecule has 160 valence electrons. The van der Waals surface area contributed by atoms with E-state index in [-0.39, 0.29) is 22.8 Å². The highest BCUT2D eigenvalue weighted by Crippen LogP contribution is 2.41. The fourth-order valence-corrected chi connectivity index (χ4v) is 4.89. The van der Waals surface area contributed by atoms with Crippen LogP contribution in [0.5, 0.6) is 0 Å². The number of benzene rings is 2. The molecule has 0 radical (unpaired) electrons. The van der Waals surface area contributed by atoms with Crippen molar-refractivity contribution in [1.29, 1.82) is 0 Å². The molecule has 0 unspecified atom stereocenters. The minimum absolute atomic E-state index is 0.252. The highest BCUT2D eigenvalue weighted by atomic mass is 32.2. The van der Waals surface area contributed by atoms with Crippen LogP contribution in [0.3, 0.4) is 0 Å². The summed E-state index contributed by atoms with van der Waals surface area (Å²) in [5, 5.41) is 0. The van der Waals surface area contributed by atoms with Crippen LogP contribution in [0.4, 0.5) is 0 Å². The Kier molecular flexibility index (Phi) is 6.20. The molecule has 1 aliphatic carbocycles. The van der Waals surface area contributed by atoms with E-state index in [9.17, 15) is 13.2 Å². The molecule has 5 nitrogen and oxygen atoms in total. The first-order valence-corrected chi connectivity index (χ1v) is 11.5. The lowest BCUT2D eigenvalue weighted by Crippen LogP contribution is -2.39. The smallest absolute Gasteiger partial charge is 0.316 e. The maximum atomic E-state index is 13.3. The number of hydrogen-bond acceptors (Lipinski definition) is 4. The van der Waals surface area contributed by atoms with Crippen molar-refractivity contribution in [2.45, 2.75) is 51.0 Å². The van der Waals surface area contributed by atoms with Gasteiger partial charge in [0.15, 0.2) is 0 Å². The normalized spacial score (nSPS) is 19.6. The monoisotopic (exact) mass is 427 g/mol. The van der Waals surface area contributed by atoms with E-state index in [0.29, 0.717) is 12.2 Å². The van der Waals surface area contributed by atoms with Crippen LogP contribution < -0.4 is 0 Å². The summed E-state index contributed by atoms with van der Waals surface area (Å²) in [5.74, 6) is -0.181. The summed E-state index contributed by atoms with van der Waals surface area (Å²) in [6, 6.07) is 16.0. The summed E-state index contributed by atoms with van der Waals surface area (Å²) in [6.45, 7) is 7.32. The van der Waals surface area contributed by atoms with Crippen LogP contribution in [0.1, 0.15) is 44.2 Å². The van der Waals surface area contributed by atoms with Crippen molar-refractivity contribution in [3.63, 3.8) is 0 Å². The second-order valence-electron chi connectivity index (χ2n) is 8.77. The zero-order valence-electron chi connectivity index (χ0n) is 18.1. The van der Waals surface area contributed by atoms with Gasteiger partial charge in [-0.15, -0.1) is 0 Å². The van der Waals surface area contributed by atoms with E-state index in [1.54, 1.807) is 52.1 Å². The Balaban J connectivity index is 1.95. The number of aryl methyl sites for hydroxylation is 1. The molecule has 0 fully saturated rings. The maximum Gasteiger partial charge on any atom is 0.316 e. The van der Waals surface area contributed by atoms with E-state index in [1.807, 2.05) is 43.3 Å². The summed E-state index contributed by atoms with van der Waals surface area (Å²) >= 11 is 0. The van der Waals surface area contributed by atoms with Gasteiger partial charge in [0.1, 0.15) is 5.76 Å². The predicted octanol–water partition coefficient (Wildman–Crippen LogP) is 4.64. The van der Waals surface area contributed by atoms with Crippen molar-refractivity contribution in [3.8, 4) is 0 Å². The molecule has 0 spiro atoms. The zero-order valence-corrected chi connectivity index (χ0v) is 18.9. The maximum absolute atomic E-state index is 13.3. The van der Waals surface area contributed by atoms with Gasteiger partial charge in [-0.05, 0) is 57.9 Å². The van der Waals surface area contributed by atoms with Crippen molar-refractivity contribution in [3.05, 3.63) is 77.6 Å². The fourth-order valence-electron chi connectivity index (χ4n) is 3.51. The molecule has 6 heteroatoms. The third-order valence-electron chi connectivity index (χ3n) is 5.40. The van der Waals surface area contributed by atoms with E-state index in [1.165, 1.54) is 4.31 Å². The SMILES string of the molecule is Cc1ccc(S(=O)(=O)N(C)[C@@H]2CC=C(OC(=O)C(C)(C)C)[C@@H]2c2ccccc2)cc1. The van der Waals surface area contributed by atoms with Crippen molar-refractivity contribution in [2.24, 2.45) is 5.41 Å². The van der Waals surface area contributed by atoms with Crippen LogP contribution in [0.25, 0.3) is 0 Å². The van der Waals surface area contributed by atoms with Crippen molar-refractivity contribution < 1.29 is 17.9 Å². The average Bonchev–Trinajstić information content (AvgIpc) is 3.11. The molecule has 0 aliphatic heterocycles. The van der Waals surface area contributed by atoms with Crippen molar-refractivity contribution in [2.75, 3.05) is 7.05 Å². The van der Waals surface area contributed by atoms with E-state index >= 15 is 0 Å². The highest BCUT2D eigenvalue weighted by Gasteiger charge is 2.41. The number of esters is 1. The van der Waals surface area contributed by atoms with Crippen LogP contribution in [0.2, 0.25) is 0 Å². The lowest BCUT2D eigenvalue weighted by atomic mass is 9.92. The second kappa shape index (κ2) is 8.36. The average molecular weight is 428 g/mol. The molecular formula is C24H29NO4S. The number of hydrogen-bond donors (Lipinski definition) is 0. The van der Waals surface area contributed by atoms with Gasteiger partial charge in [0.25, 0.3) is 0 Å².